The van der Waals surface area contributed by atoms with Crippen LogP contribution in [0, 0.1) is 18.7 Å². The molecule has 0 aliphatic carbocycles. The second-order valence-electron chi connectivity index (χ2n) is 8.68. The SMILES string of the molecule is Cc1c(F)cccc1C1CCN(CCCCN(C)C)CC1C(=O)c1cccc(O)c1. The molecule has 2 unspecified atom stereocenters. The molecule has 162 valence electrons. The predicted molar refractivity (Wildman–Crippen MR) is 119 cm³/mol. The third-order valence-electron chi connectivity index (χ3n) is 6.20. The molecule has 0 radical (unpaired) electrons. The Morgan fingerprint density at radius 1 is 1.20 bits per heavy atom. The van der Waals surface area contributed by atoms with E-state index in [0.717, 1.165) is 44.5 Å². The number of carbonyl (C=O) groups is 1. The molecule has 4 nitrogen and oxygen atoms in total. The van der Waals surface area contributed by atoms with Crippen LogP contribution < -0.4 is 0 Å². The Morgan fingerprint density at radius 3 is 2.70 bits per heavy atom. The number of rotatable bonds is 8. The number of phenolic OH excluding ortho intramolecular Hbond substituents is 1. The first kappa shape index (κ1) is 22.4. The molecule has 0 aromatic heterocycles. The topological polar surface area (TPSA) is 43.8 Å². The van der Waals surface area contributed by atoms with Crippen LogP contribution in [0.4, 0.5) is 4.39 Å². The molecule has 5 heteroatoms. The fraction of sp³-hybridized carbons (Fsp3) is 0.480. The number of likely N-dealkylation sites (tertiary alicyclic amines) is 1. The largest absolute Gasteiger partial charge is 0.508 e. The molecule has 1 saturated heterocycles. The molecule has 1 aliphatic heterocycles. The van der Waals surface area contributed by atoms with Crippen molar-refractivity contribution >= 4 is 5.78 Å². The van der Waals surface area contributed by atoms with Gasteiger partial charge in [-0.3, -0.25) is 4.79 Å². The van der Waals surface area contributed by atoms with Crippen LogP contribution in [0.25, 0.3) is 0 Å². The lowest BCUT2D eigenvalue weighted by Crippen LogP contribution is -2.43. The van der Waals surface area contributed by atoms with Gasteiger partial charge in [0.2, 0.25) is 0 Å². The van der Waals surface area contributed by atoms with Gasteiger partial charge in [-0.1, -0.05) is 24.3 Å². The van der Waals surface area contributed by atoms with E-state index in [0.29, 0.717) is 17.7 Å². The van der Waals surface area contributed by atoms with Gasteiger partial charge < -0.3 is 14.9 Å². The summed E-state index contributed by atoms with van der Waals surface area (Å²) < 4.78 is 14.3. The summed E-state index contributed by atoms with van der Waals surface area (Å²) in [5, 5.41) is 9.85. The van der Waals surface area contributed by atoms with E-state index in [-0.39, 0.29) is 29.2 Å². The van der Waals surface area contributed by atoms with E-state index in [4.69, 9.17) is 0 Å². The van der Waals surface area contributed by atoms with Gasteiger partial charge in [0.05, 0.1) is 0 Å². The Morgan fingerprint density at radius 2 is 1.97 bits per heavy atom. The van der Waals surface area contributed by atoms with Crippen molar-refractivity contribution in [1.82, 2.24) is 9.80 Å². The Hall–Kier alpha value is -2.24. The highest BCUT2D eigenvalue weighted by molar-refractivity contribution is 5.99. The van der Waals surface area contributed by atoms with Crippen molar-refractivity contribution in [2.24, 2.45) is 5.92 Å². The van der Waals surface area contributed by atoms with Gasteiger partial charge in [-0.05, 0) is 95.2 Å². The van der Waals surface area contributed by atoms with E-state index in [1.165, 1.54) is 12.1 Å². The molecular weight excluding hydrogens is 379 g/mol. The highest BCUT2D eigenvalue weighted by atomic mass is 19.1. The van der Waals surface area contributed by atoms with Crippen molar-refractivity contribution in [2.75, 3.05) is 40.3 Å². The number of nitrogens with zero attached hydrogens (tertiary/aromatic N) is 2. The van der Waals surface area contributed by atoms with Gasteiger partial charge in [0.25, 0.3) is 0 Å². The zero-order valence-electron chi connectivity index (χ0n) is 18.3. The summed E-state index contributed by atoms with van der Waals surface area (Å²) in [6.45, 7) is 5.40. The standard InChI is InChI=1S/C25H33FN2O2/c1-18-21(10-7-11-24(18)26)22-12-15-28(14-5-4-13-27(2)3)17-23(22)25(30)19-8-6-9-20(29)16-19/h6-11,16,22-23,29H,4-5,12-15,17H2,1-3H3. The molecule has 1 aliphatic rings. The molecule has 3 rings (SSSR count). The lowest BCUT2D eigenvalue weighted by atomic mass is 9.75. The van der Waals surface area contributed by atoms with Crippen molar-refractivity contribution in [1.29, 1.82) is 0 Å². The molecule has 30 heavy (non-hydrogen) atoms. The lowest BCUT2D eigenvalue weighted by molar-refractivity contribution is 0.0775. The van der Waals surface area contributed by atoms with Crippen LogP contribution in [0.3, 0.4) is 0 Å². The van der Waals surface area contributed by atoms with Crippen LogP contribution in [0.1, 0.15) is 46.7 Å². The maximum Gasteiger partial charge on any atom is 0.167 e. The van der Waals surface area contributed by atoms with Crippen LogP contribution in [-0.2, 0) is 0 Å². The van der Waals surface area contributed by atoms with Gasteiger partial charge in [0.15, 0.2) is 5.78 Å². The number of Topliss-reactive ketones (excluding diaryl/α,β-unsaturated/α-hetero) is 1. The van der Waals surface area contributed by atoms with E-state index in [1.807, 2.05) is 6.07 Å². The Kier molecular flexibility index (Phi) is 7.62. The van der Waals surface area contributed by atoms with Crippen molar-refractivity contribution in [3.63, 3.8) is 0 Å². The number of carbonyl (C=O) groups excluding carboxylic acids is 1. The van der Waals surface area contributed by atoms with Crippen molar-refractivity contribution in [3.05, 3.63) is 65.0 Å². The summed E-state index contributed by atoms with van der Waals surface area (Å²) in [4.78, 5) is 18.0. The van der Waals surface area contributed by atoms with E-state index >= 15 is 0 Å². The summed E-state index contributed by atoms with van der Waals surface area (Å²) in [7, 11) is 4.16. The van der Waals surface area contributed by atoms with Crippen molar-refractivity contribution in [2.45, 2.75) is 32.1 Å². The van der Waals surface area contributed by atoms with Gasteiger partial charge in [-0.25, -0.2) is 4.39 Å². The summed E-state index contributed by atoms with van der Waals surface area (Å²) in [5.41, 5.74) is 2.09. The number of benzene rings is 2. The highest BCUT2D eigenvalue weighted by Crippen LogP contribution is 2.37. The number of aromatic hydroxyl groups is 1. The molecule has 1 fully saturated rings. The van der Waals surface area contributed by atoms with Gasteiger partial charge in [0.1, 0.15) is 11.6 Å². The second kappa shape index (κ2) is 10.2. The number of halogens is 1. The molecule has 2 aromatic carbocycles. The molecule has 1 N–H and O–H groups in total. The number of hydrogen-bond donors (Lipinski definition) is 1. The molecule has 0 amide bonds. The molecule has 0 saturated carbocycles. The summed E-state index contributed by atoms with van der Waals surface area (Å²) in [5.74, 6) is -0.376. The predicted octanol–water partition coefficient (Wildman–Crippen LogP) is 4.47. The normalized spacial score (nSPS) is 19.9. The minimum Gasteiger partial charge on any atom is -0.508 e. The molecule has 2 atom stereocenters. The van der Waals surface area contributed by atoms with E-state index < -0.39 is 0 Å². The fourth-order valence-electron chi connectivity index (χ4n) is 4.52. The maximum absolute atomic E-state index is 14.3. The Bertz CT molecular complexity index is 868. The van der Waals surface area contributed by atoms with Crippen molar-refractivity contribution < 1.29 is 14.3 Å². The van der Waals surface area contributed by atoms with Crippen LogP contribution in [0.2, 0.25) is 0 Å². The first-order valence-electron chi connectivity index (χ1n) is 10.8. The smallest absolute Gasteiger partial charge is 0.167 e. The first-order valence-corrected chi connectivity index (χ1v) is 10.8. The number of hydrogen-bond acceptors (Lipinski definition) is 4. The molecule has 2 aromatic rings. The average molecular weight is 413 g/mol. The summed E-state index contributed by atoms with van der Waals surface area (Å²) in [6, 6.07) is 11.7. The van der Waals surface area contributed by atoms with Crippen LogP contribution in [-0.4, -0.2) is 61.0 Å². The quantitative estimate of drug-likeness (QED) is 0.513. The summed E-state index contributed by atoms with van der Waals surface area (Å²) >= 11 is 0. The molecule has 0 bridgehead atoms. The van der Waals surface area contributed by atoms with Crippen LogP contribution >= 0.6 is 0 Å². The third kappa shape index (κ3) is 5.46. The zero-order valence-corrected chi connectivity index (χ0v) is 18.3. The molecule has 0 spiro atoms. The molecule has 1 heterocycles. The number of ketones is 1. The van der Waals surface area contributed by atoms with Crippen LogP contribution in [0.5, 0.6) is 5.75 Å². The summed E-state index contributed by atoms with van der Waals surface area (Å²) in [6.07, 6.45) is 3.04. The van der Waals surface area contributed by atoms with E-state index in [9.17, 15) is 14.3 Å². The lowest BCUT2D eigenvalue weighted by Gasteiger charge is -2.39. The van der Waals surface area contributed by atoms with Gasteiger partial charge in [0, 0.05) is 18.0 Å². The minimum absolute atomic E-state index is 0.0198. The Balaban J connectivity index is 1.82. The van der Waals surface area contributed by atoms with E-state index in [1.54, 1.807) is 31.2 Å². The molecular formula is C25H33FN2O2. The van der Waals surface area contributed by atoms with E-state index in [2.05, 4.69) is 23.9 Å². The monoisotopic (exact) mass is 412 g/mol. The number of unbranched alkanes of at least 4 members (excludes halogenated alkanes) is 1. The van der Waals surface area contributed by atoms with Gasteiger partial charge >= 0.3 is 0 Å². The minimum atomic E-state index is -0.255. The van der Waals surface area contributed by atoms with Crippen LogP contribution in [0.15, 0.2) is 42.5 Å². The number of piperidine rings is 1. The maximum atomic E-state index is 14.3. The first-order chi connectivity index (χ1) is 14.4. The highest BCUT2D eigenvalue weighted by Gasteiger charge is 2.36. The zero-order chi connectivity index (χ0) is 21.7. The Labute approximate surface area is 179 Å². The van der Waals surface area contributed by atoms with Crippen molar-refractivity contribution in [3.8, 4) is 5.75 Å². The second-order valence-corrected chi connectivity index (χ2v) is 8.68. The van der Waals surface area contributed by atoms with Gasteiger partial charge in [-0.2, -0.15) is 0 Å². The third-order valence-corrected chi connectivity index (χ3v) is 6.20. The van der Waals surface area contributed by atoms with Gasteiger partial charge in [-0.15, -0.1) is 0 Å². The average Bonchev–Trinajstić information content (AvgIpc) is 2.72. The fourth-order valence-corrected chi connectivity index (χ4v) is 4.52. The number of phenols is 1.